The van der Waals surface area contributed by atoms with E-state index in [1.165, 1.54) is 11.3 Å². The number of nitrogens with zero attached hydrogens (tertiary/aromatic N) is 4. The summed E-state index contributed by atoms with van der Waals surface area (Å²) in [5.74, 6) is 0.793. The number of unbranched alkanes of at least 4 members (excludes halogenated alkanes) is 1. The SMILES string of the molecule is CCCCC(=O)NC(=S)Nc1ccc(-c2nn3c(CC)nnc3s2)cc1C. The molecule has 1 amide bonds. The summed E-state index contributed by atoms with van der Waals surface area (Å²) in [6.45, 7) is 6.07. The lowest BCUT2D eigenvalue weighted by Gasteiger charge is -2.12. The van der Waals surface area contributed by atoms with E-state index >= 15 is 0 Å². The van der Waals surface area contributed by atoms with E-state index in [9.17, 15) is 4.79 Å². The largest absolute Gasteiger partial charge is 0.332 e. The van der Waals surface area contributed by atoms with Crippen molar-refractivity contribution in [3.05, 3.63) is 29.6 Å². The van der Waals surface area contributed by atoms with Gasteiger partial charge in [-0.1, -0.05) is 31.6 Å². The number of nitrogens with one attached hydrogen (secondary N) is 2. The highest BCUT2D eigenvalue weighted by atomic mass is 32.1. The van der Waals surface area contributed by atoms with Crippen LogP contribution in [-0.2, 0) is 11.2 Å². The van der Waals surface area contributed by atoms with Crippen molar-refractivity contribution in [3.63, 3.8) is 0 Å². The number of carbonyl (C=O) groups excluding carboxylic acids is 1. The first-order valence-corrected chi connectivity index (χ1v) is 10.2. The van der Waals surface area contributed by atoms with Crippen LogP contribution in [-0.4, -0.2) is 30.8 Å². The molecule has 0 spiro atoms. The fourth-order valence-electron chi connectivity index (χ4n) is 2.61. The number of benzene rings is 1. The molecule has 3 rings (SSSR count). The van der Waals surface area contributed by atoms with E-state index in [4.69, 9.17) is 12.2 Å². The second-order valence-corrected chi connectivity index (χ2v) is 7.57. The van der Waals surface area contributed by atoms with E-state index in [2.05, 4.69) is 25.9 Å². The molecule has 9 heteroatoms. The standard InChI is InChI=1S/C18H22N6OS2/c1-4-6-7-15(25)20-17(26)19-13-9-8-12(10-11(13)3)16-23-24-14(5-2)21-22-18(24)27-16/h8-10H,4-7H2,1-3H3,(H2,19,20,25,26). The van der Waals surface area contributed by atoms with E-state index in [1.54, 1.807) is 4.52 Å². The van der Waals surface area contributed by atoms with Gasteiger partial charge in [0, 0.05) is 24.1 Å². The van der Waals surface area contributed by atoms with Crippen LogP contribution in [0.4, 0.5) is 5.69 Å². The molecule has 27 heavy (non-hydrogen) atoms. The summed E-state index contributed by atoms with van der Waals surface area (Å²) in [7, 11) is 0. The molecule has 0 bridgehead atoms. The smallest absolute Gasteiger partial charge is 0.234 e. The van der Waals surface area contributed by atoms with Crippen LogP contribution in [0.25, 0.3) is 15.5 Å². The first-order valence-electron chi connectivity index (χ1n) is 8.94. The molecule has 0 saturated heterocycles. The zero-order valence-corrected chi connectivity index (χ0v) is 17.2. The number of aryl methyl sites for hydroxylation is 2. The highest BCUT2D eigenvalue weighted by Gasteiger charge is 2.13. The summed E-state index contributed by atoms with van der Waals surface area (Å²) in [5.41, 5.74) is 2.88. The maximum Gasteiger partial charge on any atom is 0.234 e. The Morgan fingerprint density at radius 1 is 1.30 bits per heavy atom. The molecule has 1 aromatic carbocycles. The van der Waals surface area contributed by atoms with Gasteiger partial charge in [0.2, 0.25) is 10.9 Å². The molecule has 0 atom stereocenters. The number of anilines is 1. The summed E-state index contributed by atoms with van der Waals surface area (Å²) in [4.78, 5) is 12.6. The average Bonchev–Trinajstić information content (AvgIpc) is 3.22. The lowest BCUT2D eigenvalue weighted by molar-refractivity contribution is -0.119. The minimum atomic E-state index is -0.0601. The Hall–Kier alpha value is -2.39. The first-order chi connectivity index (χ1) is 13.0. The monoisotopic (exact) mass is 402 g/mol. The van der Waals surface area contributed by atoms with E-state index in [-0.39, 0.29) is 5.91 Å². The van der Waals surface area contributed by atoms with Gasteiger partial charge in [0.15, 0.2) is 10.9 Å². The number of hydrogen-bond acceptors (Lipinski definition) is 6. The summed E-state index contributed by atoms with van der Waals surface area (Å²) in [5, 5.41) is 19.9. The van der Waals surface area contributed by atoms with Gasteiger partial charge in [0.25, 0.3) is 0 Å². The van der Waals surface area contributed by atoms with Crippen molar-refractivity contribution in [3.8, 4) is 10.6 Å². The van der Waals surface area contributed by atoms with E-state index in [0.717, 1.165) is 51.9 Å². The molecule has 0 saturated carbocycles. The molecule has 142 valence electrons. The van der Waals surface area contributed by atoms with Gasteiger partial charge < -0.3 is 10.6 Å². The minimum absolute atomic E-state index is 0.0601. The lowest BCUT2D eigenvalue weighted by Crippen LogP contribution is -2.34. The van der Waals surface area contributed by atoms with Crippen molar-refractivity contribution in [2.24, 2.45) is 0 Å². The van der Waals surface area contributed by atoms with Crippen LogP contribution < -0.4 is 10.6 Å². The molecule has 2 N–H and O–H groups in total. The Bertz CT molecular complexity index is 978. The number of thiocarbonyl (C=S) groups is 1. The third kappa shape index (κ3) is 4.48. The Labute approximate surface area is 167 Å². The summed E-state index contributed by atoms with van der Waals surface area (Å²) in [6, 6.07) is 5.97. The summed E-state index contributed by atoms with van der Waals surface area (Å²) in [6.07, 6.45) is 3.10. The topological polar surface area (TPSA) is 84.2 Å². The lowest BCUT2D eigenvalue weighted by atomic mass is 10.1. The third-order valence-electron chi connectivity index (χ3n) is 4.10. The normalized spacial score (nSPS) is 10.9. The molecule has 2 heterocycles. The molecule has 3 aromatic rings. The molecule has 0 aliphatic heterocycles. The predicted molar refractivity (Wildman–Crippen MR) is 112 cm³/mol. The molecule has 0 unspecified atom stereocenters. The van der Waals surface area contributed by atoms with Crippen LogP contribution in [0, 0.1) is 6.92 Å². The Morgan fingerprint density at radius 3 is 2.81 bits per heavy atom. The van der Waals surface area contributed by atoms with Crippen LogP contribution in [0.2, 0.25) is 0 Å². The van der Waals surface area contributed by atoms with E-state index < -0.39 is 0 Å². The summed E-state index contributed by atoms with van der Waals surface area (Å²) < 4.78 is 1.79. The molecular weight excluding hydrogens is 380 g/mol. The predicted octanol–water partition coefficient (Wildman–Crippen LogP) is 3.73. The molecule has 0 aliphatic rings. The second-order valence-electron chi connectivity index (χ2n) is 6.21. The zero-order chi connectivity index (χ0) is 19.4. The summed E-state index contributed by atoms with van der Waals surface area (Å²) >= 11 is 6.74. The molecule has 0 fully saturated rings. The Balaban J connectivity index is 1.72. The van der Waals surface area contributed by atoms with Gasteiger partial charge in [-0.3, -0.25) is 4.79 Å². The second kappa shape index (κ2) is 8.53. The van der Waals surface area contributed by atoms with Crippen LogP contribution in [0.3, 0.4) is 0 Å². The van der Waals surface area contributed by atoms with Crippen LogP contribution in [0.15, 0.2) is 18.2 Å². The number of carbonyl (C=O) groups is 1. The Morgan fingerprint density at radius 2 is 2.11 bits per heavy atom. The van der Waals surface area contributed by atoms with Gasteiger partial charge in [0.1, 0.15) is 5.01 Å². The number of aromatic nitrogens is 4. The number of amides is 1. The van der Waals surface area contributed by atoms with E-state index in [1.807, 2.05) is 39.0 Å². The van der Waals surface area contributed by atoms with Gasteiger partial charge in [-0.25, -0.2) is 0 Å². The van der Waals surface area contributed by atoms with Gasteiger partial charge in [-0.15, -0.1) is 10.2 Å². The molecule has 2 aromatic heterocycles. The fourth-order valence-corrected chi connectivity index (χ4v) is 3.69. The van der Waals surface area contributed by atoms with Gasteiger partial charge in [0.05, 0.1) is 0 Å². The van der Waals surface area contributed by atoms with E-state index in [0.29, 0.717) is 11.5 Å². The highest BCUT2D eigenvalue weighted by Crippen LogP contribution is 2.28. The van der Waals surface area contributed by atoms with Crippen LogP contribution in [0.5, 0.6) is 0 Å². The van der Waals surface area contributed by atoms with Crippen molar-refractivity contribution in [2.75, 3.05) is 5.32 Å². The fraction of sp³-hybridized carbons (Fsp3) is 0.389. The third-order valence-corrected chi connectivity index (χ3v) is 5.26. The Kier molecular flexibility index (Phi) is 6.12. The maximum atomic E-state index is 11.8. The number of fused-ring (bicyclic) bond motifs is 1. The number of rotatable bonds is 6. The maximum absolute atomic E-state index is 11.8. The van der Waals surface area contributed by atoms with Crippen LogP contribution >= 0.6 is 23.6 Å². The minimum Gasteiger partial charge on any atom is -0.332 e. The highest BCUT2D eigenvalue weighted by molar-refractivity contribution is 7.80. The first kappa shape index (κ1) is 19.4. The molecular formula is C18H22N6OS2. The van der Waals surface area contributed by atoms with Gasteiger partial charge in [-0.2, -0.15) is 9.61 Å². The van der Waals surface area contributed by atoms with Gasteiger partial charge >= 0.3 is 0 Å². The van der Waals surface area contributed by atoms with Gasteiger partial charge in [-0.05, 0) is 49.3 Å². The number of hydrogen-bond donors (Lipinski definition) is 2. The van der Waals surface area contributed by atoms with Crippen molar-refractivity contribution in [1.82, 2.24) is 25.1 Å². The van der Waals surface area contributed by atoms with Crippen LogP contribution in [0.1, 0.15) is 44.5 Å². The van der Waals surface area contributed by atoms with Crippen molar-refractivity contribution >= 4 is 45.2 Å². The zero-order valence-electron chi connectivity index (χ0n) is 15.6. The van der Waals surface area contributed by atoms with Crippen molar-refractivity contribution in [1.29, 1.82) is 0 Å². The quantitative estimate of drug-likeness (QED) is 0.611. The molecule has 0 radical (unpaired) electrons. The van der Waals surface area contributed by atoms with Crippen molar-refractivity contribution in [2.45, 2.75) is 46.5 Å². The van der Waals surface area contributed by atoms with Crippen molar-refractivity contribution < 1.29 is 4.79 Å². The molecule has 0 aliphatic carbocycles. The molecule has 7 nitrogen and oxygen atoms in total. The average molecular weight is 403 g/mol.